The Hall–Kier alpha value is -3.58. The molecule has 7 heteroatoms. The predicted molar refractivity (Wildman–Crippen MR) is 150 cm³/mol. The van der Waals surface area contributed by atoms with E-state index in [-0.39, 0.29) is 11.5 Å². The molecule has 192 valence electrons. The van der Waals surface area contributed by atoms with Crippen LogP contribution in [0.15, 0.2) is 72.8 Å². The zero-order valence-electron chi connectivity index (χ0n) is 21.7. The van der Waals surface area contributed by atoms with Gasteiger partial charge in [0.15, 0.2) is 0 Å². The van der Waals surface area contributed by atoms with Gasteiger partial charge in [0.05, 0.1) is 16.3 Å². The second kappa shape index (κ2) is 9.31. The van der Waals surface area contributed by atoms with Crippen LogP contribution in [0.3, 0.4) is 0 Å². The fraction of sp³-hybridized carbons (Fsp3) is 0.355. The first-order chi connectivity index (χ1) is 18.6. The number of fused-ring (bicyclic) bond motifs is 3. The summed E-state index contributed by atoms with van der Waals surface area (Å²) in [6.07, 6.45) is 5.00. The highest BCUT2D eigenvalue weighted by molar-refractivity contribution is 7.18. The Morgan fingerprint density at radius 1 is 1.03 bits per heavy atom. The van der Waals surface area contributed by atoms with Gasteiger partial charge in [0.25, 0.3) is 0 Å². The SMILES string of the molecule is CC(C)n1nnc(-c2ccc(OCc3nc4ccccc4s3)cc2C2(c3ccccc3)CC3CCC2C3)n1. The van der Waals surface area contributed by atoms with Gasteiger partial charge in [0.2, 0.25) is 5.82 Å². The molecule has 2 fully saturated rings. The molecule has 2 aromatic heterocycles. The van der Waals surface area contributed by atoms with Gasteiger partial charge in [-0.15, -0.1) is 21.5 Å². The minimum absolute atomic E-state index is 0.0853. The van der Waals surface area contributed by atoms with Crippen LogP contribution in [0.25, 0.3) is 21.6 Å². The van der Waals surface area contributed by atoms with Gasteiger partial charge in [-0.3, -0.25) is 0 Å². The number of benzene rings is 3. The molecule has 2 aliphatic carbocycles. The summed E-state index contributed by atoms with van der Waals surface area (Å²) in [4.78, 5) is 6.47. The summed E-state index contributed by atoms with van der Waals surface area (Å²) in [5.74, 6) is 2.88. The number of nitrogens with zero attached hydrogens (tertiary/aromatic N) is 5. The minimum Gasteiger partial charge on any atom is -0.486 e. The largest absolute Gasteiger partial charge is 0.486 e. The molecule has 0 saturated heterocycles. The summed E-state index contributed by atoms with van der Waals surface area (Å²) in [7, 11) is 0. The molecule has 2 bridgehead atoms. The highest BCUT2D eigenvalue weighted by Crippen LogP contribution is 2.61. The summed E-state index contributed by atoms with van der Waals surface area (Å²) in [5, 5.41) is 14.6. The quantitative estimate of drug-likeness (QED) is 0.226. The Kier molecular flexibility index (Phi) is 5.77. The van der Waals surface area contributed by atoms with Crippen LogP contribution in [0.4, 0.5) is 0 Å². The van der Waals surface area contributed by atoms with E-state index in [2.05, 4.69) is 84.8 Å². The number of tetrazole rings is 1. The Morgan fingerprint density at radius 3 is 2.61 bits per heavy atom. The van der Waals surface area contributed by atoms with Gasteiger partial charge in [-0.25, -0.2) is 4.98 Å². The first-order valence-corrected chi connectivity index (χ1v) is 14.4. The van der Waals surface area contributed by atoms with Crippen molar-refractivity contribution in [3.05, 3.63) is 88.9 Å². The molecule has 2 aliphatic rings. The van der Waals surface area contributed by atoms with Crippen molar-refractivity contribution in [3.8, 4) is 17.1 Å². The van der Waals surface area contributed by atoms with Gasteiger partial charge in [0, 0.05) is 11.0 Å². The van der Waals surface area contributed by atoms with E-state index in [1.807, 2.05) is 12.1 Å². The van der Waals surface area contributed by atoms with Crippen LogP contribution in [0.1, 0.15) is 61.7 Å². The molecule has 5 aromatic rings. The van der Waals surface area contributed by atoms with Crippen LogP contribution in [-0.4, -0.2) is 25.2 Å². The third-order valence-electron chi connectivity index (χ3n) is 8.44. The third kappa shape index (κ3) is 3.91. The second-order valence-electron chi connectivity index (χ2n) is 11.0. The molecule has 2 saturated carbocycles. The molecule has 38 heavy (non-hydrogen) atoms. The molecule has 6 nitrogen and oxygen atoms in total. The maximum absolute atomic E-state index is 6.40. The Balaban J connectivity index is 1.33. The van der Waals surface area contributed by atoms with Crippen LogP contribution >= 0.6 is 11.3 Å². The summed E-state index contributed by atoms with van der Waals surface area (Å²) in [6, 6.07) is 25.9. The van der Waals surface area contributed by atoms with Crippen molar-refractivity contribution in [3.63, 3.8) is 0 Å². The summed E-state index contributed by atoms with van der Waals surface area (Å²) < 4.78 is 7.59. The lowest BCUT2D eigenvalue weighted by Gasteiger charge is -2.40. The average Bonchev–Trinajstić information content (AvgIpc) is 3.75. The van der Waals surface area contributed by atoms with Crippen molar-refractivity contribution in [1.82, 2.24) is 25.2 Å². The molecule has 0 N–H and O–H groups in total. The lowest BCUT2D eigenvalue weighted by atomic mass is 9.63. The van der Waals surface area contributed by atoms with E-state index in [0.717, 1.165) is 34.2 Å². The van der Waals surface area contributed by atoms with E-state index in [1.165, 1.54) is 35.1 Å². The highest BCUT2D eigenvalue weighted by atomic mass is 32.1. The highest BCUT2D eigenvalue weighted by Gasteiger charge is 2.53. The van der Waals surface area contributed by atoms with Gasteiger partial charge < -0.3 is 4.74 Å². The number of ether oxygens (including phenoxy) is 1. The molecule has 2 heterocycles. The molecular formula is C31H31N5OS. The Morgan fingerprint density at radius 2 is 1.87 bits per heavy atom. The summed E-state index contributed by atoms with van der Waals surface area (Å²) >= 11 is 1.69. The summed E-state index contributed by atoms with van der Waals surface area (Å²) in [5.41, 5.74) is 4.64. The van der Waals surface area contributed by atoms with Crippen molar-refractivity contribution >= 4 is 21.6 Å². The van der Waals surface area contributed by atoms with Crippen LogP contribution in [0.5, 0.6) is 5.75 Å². The van der Waals surface area contributed by atoms with Crippen molar-refractivity contribution in [1.29, 1.82) is 0 Å². The molecule has 7 rings (SSSR count). The van der Waals surface area contributed by atoms with Crippen molar-refractivity contribution < 1.29 is 4.74 Å². The van der Waals surface area contributed by atoms with Crippen molar-refractivity contribution in [2.45, 2.75) is 57.6 Å². The van der Waals surface area contributed by atoms with E-state index in [4.69, 9.17) is 14.8 Å². The van der Waals surface area contributed by atoms with E-state index in [9.17, 15) is 0 Å². The topological polar surface area (TPSA) is 65.7 Å². The smallest absolute Gasteiger partial charge is 0.205 e. The Bertz CT molecular complexity index is 1560. The van der Waals surface area contributed by atoms with Crippen LogP contribution in [0.2, 0.25) is 0 Å². The average molecular weight is 522 g/mol. The second-order valence-corrected chi connectivity index (χ2v) is 12.1. The van der Waals surface area contributed by atoms with Crippen LogP contribution in [-0.2, 0) is 12.0 Å². The normalized spacial score (nSPS) is 22.5. The van der Waals surface area contributed by atoms with E-state index in [1.54, 1.807) is 16.1 Å². The fourth-order valence-corrected chi connectivity index (χ4v) is 7.64. The van der Waals surface area contributed by atoms with Crippen molar-refractivity contribution in [2.75, 3.05) is 0 Å². The minimum atomic E-state index is -0.0853. The monoisotopic (exact) mass is 521 g/mol. The molecule has 0 spiro atoms. The van der Waals surface area contributed by atoms with Crippen LogP contribution < -0.4 is 4.74 Å². The Labute approximate surface area is 226 Å². The number of hydrogen-bond acceptors (Lipinski definition) is 6. The zero-order valence-corrected chi connectivity index (χ0v) is 22.6. The molecule has 0 radical (unpaired) electrons. The van der Waals surface area contributed by atoms with E-state index in [0.29, 0.717) is 18.3 Å². The molecule has 0 amide bonds. The number of rotatable bonds is 7. The number of hydrogen-bond donors (Lipinski definition) is 0. The van der Waals surface area contributed by atoms with Gasteiger partial charge in [-0.1, -0.05) is 48.9 Å². The first kappa shape index (κ1) is 23.5. The van der Waals surface area contributed by atoms with E-state index < -0.39 is 0 Å². The number of thiazole rings is 1. The lowest BCUT2D eigenvalue weighted by Crippen LogP contribution is -2.34. The van der Waals surface area contributed by atoms with Gasteiger partial charge in [-0.05, 0) is 91.6 Å². The number of aromatic nitrogens is 5. The van der Waals surface area contributed by atoms with Gasteiger partial charge in [0.1, 0.15) is 17.4 Å². The maximum Gasteiger partial charge on any atom is 0.205 e. The number of para-hydroxylation sites is 1. The van der Waals surface area contributed by atoms with E-state index >= 15 is 0 Å². The van der Waals surface area contributed by atoms with Gasteiger partial charge in [-0.2, -0.15) is 4.80 Å². The molecule has 3 aromatic carbocycles. The summed E-state index contributed by atoms with van der Waals surface area (Å²) in [6.45, 7) is 4.60. The van der Waals surface area contributed by atoms with Crippen LogP contribution in [0, 0.1) is 11.8 Å². The molecule has 0 aliphatic heterocycles. The first-order valence-electron chi connectivity index (χ1n) is 13.6. The standard InChI is InChI=1S/C31H31N5OS/c1-20(2)36-34-30(33-35-36)25-15-14-24(37-19-29-32-27-10-6-7-11-28(27)38-29)17-26(25)31(22-8-4-3-5-9-22)18-21-12-13-23(31)16-21/h3-11,14-15,17,20-21,23H,12-13,16,18-19H2,1-2H3. The zero-order chi connectivity index (χ0) is 25.7. The van der Waals surface area contributed by atoms with Crippen molar-refractivity contribution in [2.24, 2.45) is 11.8 Å². The lowest BCUT2D eigenvalue weighted by molar-refractivity contribution is 0.299. The third-order valence-corrected chi connectivity index (χ3v) is 9.45. The molecular weight excluding hydrogens is 490 g/mol. The van der Waals surface area contributed by atoms with Gasteiger partial charge >= 0.3 is 0 Å². The molecule has 3 unspecified atom stereocenters. The molecule has 3 atom stereocenters. The predicted octanol–water partition coefficient (Wildman–Crippen LogP) is 7.22. The fourth-order valence-electron chi connectivity index (χ4n) is 6.76. The maximum atomic E-state index is 6.40.